The molecule has 1 aliphatic heterocycles. The van der Waals surface area contributed by atoms with Gasteiger partial charge in [-0.2, -0.15) is 0 Å². The summed E-state index contributed by atoms with van der Waals surface area (Å²) in [5.74, 6) is 0. The predicted octanol–water partition coefficient (Wildman–Crippen LogP) is 1.80. The molecule has 1 saturated heterocycles. The van der Waals surface area contributed by atoms with Crippen molar-refractivity contribution in [1.29, 1.82) is 0 Å². The zero-order valence-electron chi connectivity index (χ0n) is 12.9. The highest BCUT2D eigenvalue weighted by Gasteiger charge is 2.23. The summed E-state index contributed by atoms with van der Waals surface area (Å²) >= 11 is 0. The first kappa shape index (κ1) is 15.7. The molecule has 0 aliphatic carbocycles. The number of anilines is 1. The van der Waals surface area contributed by atoms with Crippen molar-refractivity contribution >= 4 is 11.4 Å². The molecule has 1 aromatic carbocycles. The van der Waals surface area contributed by atoms with Gasteiger partial charge in [-0.25, -0.2) is 0 Å². The van der Waals surface area contributed by atoms with E-state index in [1.807, 2.05) is 26.8 Å². The molecule has 1 N–H and O–H groups in total. The van der Waals surface area contributed by atoms with Crippen molar-refractivity contribution in [3.8, 4) is 0 Å². The third kappa shape index (κ3) is 4.41. The second-order valence-corrected chi connectivity index (χ2v) is 6.36. The zero-order valence-corrected chi connectivity index (χ0v) is 12.9. The monoisotopic (exact) mass is 293 g/mol. The minimum atomic E-state index is -0.690. The lowest BCUT2D eigenvalue weighted by molar-refractivity contribution is -0.384. The number of hydrogen-bond donors (Lipinski definition) is 1. The van der Waals surface area contributed by atoms with Crippen molar-refractivity contribution in [3.05, 3.63) is 33.9 Å². The predicted molar refractivity (Wildman–Crippen MR) is 82.8 cm³/mol. The summed E-state index contributed by atoms with van der Waals surface area (Å²) in [6.07, 6.45) is 0. The number of aliphatic hydroxyl groups is 1. The SMILES string of the molecule is Cc1cc(N2CCN(CC(C)(C)O)CC2)cc([N+](=O)[O-])c1. The van der Waals surface area contributed by atoms with Crippen LogP contribution in [0.25, 0.3) is 0 Å². The quantitative estimate of drug-likeness (QED) is 0.677. The van der Waals surface area contributed by atoms with Crippen LogP contribution in [0.4, 0.5) is 11.4 Å². The Morgan fingerprint density at radius 1 is 1.24 bits per heavy atom. The summed E-state index contributed by atoms with van der Waals surface area (Å²) in [6, 6.07) is 5.21. The Balaban J connectivity index is 2.04. The Morgan fingerprint density at radius 2 is 1.86 bits per heavy atom. The topological polar surface area (TPSA) is 69.8 Å². The molecule has 0 amide bonds. The van der Waals surface area contributed by atoms with Crippen LogP contribution >= 0.6 is 0 Å². The Morgan fingerprint density at radius 3 is 2.38 bits per heavy atom. The van der Waals surface area contributed by atoms with Gasteiger partial charge in [0.1, 0.15) is 0 Å². The highest BCUT2D eigenvalue weighted by molar-refractivity contribution is 5.56. The lowest BCUT2D eigenvalue weighted by Crippen LogP contribution is -2.50. The lowest BCUT2D eigenvalue weighted by Gasteiger charge is -2.38. The number of rotatable bonds is 4. The molecule has 6 heteroatoms. The Labute approximate surface area is 125 Å². The average Bonchev–Trinajstić information content (AvgIpc) is 2.37. The first-order valence-electron chi connectivity index (χ1n) is 7.20. The van der Waals surface area contributed by atoms with E-state index in [9.17, 15) is 15.2 Å². The molecule has 0 saturated carbocycles. The van der Waals surface area contributed by atoms with Gasteiger partial charge in [0.2, 0.25) is 0 Å². The third-order valence-electron chi connectivity index (χ3n) is 3.61. The number of benzene rings is 1. The summed E-state index contributed by atoms with van der Waals surface area (Å²) in [5, 5.41) is 20.8. The summed E-state index contributed by atoms with van der Waals surface area (Å²) in [6.45, 7) is 9.48. The molecule has 0 unspecified atom stereocenters. The molecule has 1 aromatic rings. The maximum atomic E-state index is 10.9. The van der Waals surface area contributed by atoms with E-state index in [2.05, 4.69) is 9.80 Å². The van der Waals surface area contributed by atoms with Gasteiger partial charge in [0.25, 0.3) is 5.69 Å². The Bertz CT molecular complexity index is 517. The lowest BCUT2D eigenvalue weighted by atomic mass is 10.1. The number of piperazine rings is 1. The number of nitrogens with zero attached hydrogens (tertiary/aromatic N) is 3. The highest BCUT2D eigenvalue weighted by atomic mass is 16.6. The van der Waals surface area contributed by atoms with Crippen molar-refractivity contribution in [2.75, 3.05) is 37.6 Å². The van der Waals surface area contributed by atoms with E-state index in [1.54, 1.807) is 12.1 Å². The molecule has 21 heavy (non-hydrogen) atoms. The van der Waals surface area contributed by atoms with Crippen molar-refractivity contribution in [1.82, 2.24) is 4.90 Å². The van der Waals surface area contributed by atoms with Crippen LogP contribution < -0.4 is 4.90 Å². The zero-order chi connectivity index (χ0) is 15.6. The summed E-state index contributed by atoms with van der Waals surface area (Å²) in [7, 11) is 0. The van der Waals surface area contributed by atoms with Gasteiger partial charge in [-0.3, -0.25) is 15.0 Å². The summed E-state index contributed by atoms with van der Waals surface area (Å²) in [4.78, 5) is 15.0. The minimum absolute atomic E-state index is 0.143. The van der Waals surface area contributed by atoms with Gasteiger partial charge >= 0.3 is 0 Å². The van der Waals surface area contributed by atoms with E-state index in [4.69, 9.17) is 0 Å². The first-order chi connectivity index (χ1) is 9.74. The van der Waals surface area contributed by atoms with Gasteiger partial charge in [-0.05, 0) is 32.4 Å². The van der Waals surface area contributed by atoms with Crippen LogP contribution in [0.1, 0.15) is 19.4 Å². The van der Waals surface area contributed by atoms with E-state index in [1.165, 1.54) is 0 Å². The number of non-ortho nitro benzene ring substituents is 1. The molecule has 0 spiro atoms. The van der Waals surface area contributed by atoms with Crippen LogP contribution in [-0.4, -0.2) is 53.3 Å². The van der Waals surface area contributed by atoms with Gasteiger partial charge < -0.3 is 10.0 Å². The normalized spacial score (nSPS) is 17.0. The second-order valence-electron chi connectivity index (χ2n) is 6.36. The van der Waals surface area contributed by atoms with Gasteiger partial charge in [-0.1, -0.05) is 0 Å². The molecule has 0 aromatic heterocycles. The molecule has 0 bridgehead atoms. The molecule has 1 fully saturated rings. The number of nitro benzene ring substituents is 1. The van der Waals surface area contributed by atoms with Gasteiger partial charge in [0, 0.05) is 50.5 Å². The maximum Gasteiger partial charge on any atom is 0.271 e. The fourth-order valence-electron chi connectivity index (χ4n) is 2.74. The van der Waals surface area contributed by atoms with Crippen LogP contribution in [0.2, 0.25) is 0 Å². The molecule has 116 valence electrons. The van der Waals surface area contributed by atoms with Crippen molar-refractivity contribution in [2.24, 2.45) is 0 Å². The van der Waals surface area contributed by atoms with Crippen molar-refractivity contribution in [2.45, 2.75) is 26.4 Å². The van der Waals surface area contributed by atoms with E-state index in [0.29, 0.717) is 6.54 Å². The molecule has 1 heterocycles. The average molecular weight is 293 g/mol. The van der Waals surface area contributed by atoms with Crippen LogP contribution in [-0.2, 0) is 0 Å². The van der Waals surface area contributed by atoms with Crippen LogP contribution in [0, 0.1) is 17.0 Å². The number of hydrogen-bond acceptors (Lipinski definition) is 5. The smallest absolute Gasteiger partial charge is 0.271 e. The van der Waals surface area contributed by atoms with Crippen molar-refractivity contribution in [3.63, 3.8) is 0 Å². The third-order valence-corrected chi connectivity index (χ3v) is 3.61. The van der Waals surface area contributed by atoms with Crippen LogP contribution in [0.3, 0.4) is 0 Å². The van der Waals surface area contributed by atoms with Crippen molar-refractivity contribution < 1.29 is 10.0 Å². The molecular formula is C15H23N3O3. The second kappa shape index (κ2) is 5.99. The number of β-amino-alcohol motifs (C(OH)–C–C–N with tert-alkyl or cyclic N) is 1. The molecule has 0 radical (unpaired) electrons. The number of aryl methyl sites for hydroxylation is 1. The van der Waals surface area contributed by atoms with Crippen LogP contribution in [0.15, 0.2) is 18.2 Å². The maximum absolute atomic E-state index is 10.9. The van der Waals surface area contributed by atoms with Crippen LogP contribution in [0.5, 0.6) is 0 Å². The summed E-state index contributed by atoms with van der Waals surface area (Å²) in [5.41, 5.74) is 1.26. The van der Waals surface area contributed by atoms with Gasteiger partial charge in [0.05, 0.1) is 10.5 Å². The standard InChI is InChI=1S/C15H23N3O3/c1-12-8-13(10-14(9-12)18(20)21)17-6-4-16(5-7-17)11-15(2,3)19/h8-10,19H,4-7,11H2,1-3H3. The fourth-order valence-corrected chi connectivity index (χ4v) is 2.74. The first-order valence-corrected chi connectivity index (χ1v) is 7.20. The van der Waals surface area contributed by atoms with E-state index in [-0.39, 0.29) is 10.6 Å². The Kier molecular flexibility index (Phi) is 4.49. The minimum Gasteiger partial charge on any atom is -0.389 e. The van der Waals surface area contributed by atoms with Gasteiger partial charge in [-0.15, -0.1) is 0 Å². The molecule has 6 nitrogen and oxygen atoms in total. The molecular weight excluding hydrogens is 270 g/mol. The van der Waals surface area contributed by atoms with E-state index < -0.39 is 5.60 Å². The van der Waals surface area contributed by atoms with E-state index in [0.717, 1.165) is 37.4 Å². The fraction of sp³-hybridized carbons (Fsp3) is 0.600. The number of nitro groups is 1. The molecule has 0 atom stereocenters. The largest absolute Gasteiger partial charge is 0.389 e. The highest BCUT2D eigenvalue weighted by Crippen LogP contribution is 2.25. The molecule has 1 aliphatic rings. The van der Waals surface area contributed by atoms with Gasteiger partial charge in [0.15, 0.2) is 0 Å². The van der Waals surface area contributed by atoms with E-state index >= 15 is 0 Å². The molecule has 2 rings (SSSR count). The Hall–Kier alpha value is -1.66. The summed E-state index contributed by atoms with van der Waals surface area (Å²) < 4.78 is 0.